The second-order valence-electron chi connectivity index (χ2n) is 8.17. The Morgan fingerprint density at radius 1 is 1.46 bits per heavy atom. The molecule has 2 saturated heterocycles. The van der Waals surface area contributed by atoms with Gasteiger partial charge in [0.2, 0.25) is 5.91 Å². The zero-order chi connectivity index (χ0) is 17.2. The van der Waals surface area contributed by atoms with Crippen molar-refractivity contribution < 1.29 is 19.4 Å². The van der Waals surface area contributed by atoms with Crippen molar-refractivity contribution in [2.24, 2.45) is 29.6 Å². The van der Waals surface area contributed by atoms with E-state index >= 15 is 0 Å². The maximum Gasteiger partial charge on any atom is 0.310 e. The van der Waals surface area contributed by atoms with Crippen molar-refractivity contribution >= 4 is 11.9 Å². The molecule has 24 heavy (non-hydrogen) atoms. The molecule has 0 radical (unpaired) electrons. The average Bonchev–Trinajstić information content (AvgIpc) is 3.11. The fourth-order valence-electron chi connectivity index (χ4n) is 5.43. The fraction of sp³-hybridized carbons (Fsp3) is 0.684. The molecule has 2 fully saturated rings. The Morgan fingerprint density at radius 2 is 2.21 bits per heavy atom. The Labute approximate surface area is 142 Å². The summed E-state index contributed by atoms with van der Waals surface area (Å²) < 4.78 is 5.95. The van der Waals surface area contributed by atoms with Gasteiger partial charge < -0.3 is 14.7 Å². The van der Waals surface area contributed by atoms with Crippen molar-refractivity contribution in [3.05, 3.63) is 23.8 Å². The highest BCUT2D eigenvalue weighted by Gasteiger charge is 2.67. The summed E-state index contributed by atoms with van der Waals surface area (Å²) in [6.45, 7) is 7.82. The molecule has 0 aromatic heterocycles. The smallest absolute Gasteiger partial charge is 0.310 e. The number of carboxylic acid groups (broad SMARTS) is 1. The van der Waals surface area contributed by atoms with Crippen LogP contribution in [-0.4, -0.2) is 46.7 Å². The first-order chi connectivity index (χ1) is 11.3. The van der Waals surface area contributed by atoms with E-state index in [0.29, 0.717) is 30.8 Å². The predicted molar refractivity (Wildman–Crippen MR) is 88.1 cm³/mol. The number of fused-ring (bicyclic) bond motifs is 1. The Kier molecular flexibility index (Phi) is 3.43. The minimum Gasteiger partial charge on any atom is -0.481 e. The summed E-state index contributed by atoms with van der Waals surface area (Å²) in [5.74, 6) is -0.893. The predicted octanol–water partition coefficient (Wildman–Crippen LogP) is 2.09. The Hall–Kier alpha value is -1.62. The van der Waals surface area contributed by atoms with Crippen LogP contribution in [0.3, 0.4) is 0 Å². The van der Waals surface area contributed by atoms with E-state index in [1.54, 1.807) is 0 Å². The van der Waals surface area contributed by atoms with Crippen LogP contribution in [0, 0.1) is 29.6 Å². The molecular weight excluding hydrogens is 306 g/mol. The average molecular weight is 331 g/mol. The molecule has 0 aromatic rings. The number of amides is 1. The van der Waals surface area contributed by atoms with Gasteiger partial charge in [-0.3, -0.25) is 9.59 Å². The molecule has 7 atom stereocenters. The third kappa shape index (κ3) is 2.10. The number of carboxylic acids is 1. The Balaban J connectivity index is 1.56. The van der Waals surface area contributed by atoms with E-state index in [1.807, 2.05) is 17.1 Å². The first-order valence-electron chi connectivity index (χ1n) is 8.88. The standard InChI is InChI=1S/C19H25NO4/c1-10-6-11(2)13(12(3)7-10)8-20-9-19-5-4-14(24-19)15(18(22)23)16(19)17(20)21/h4-6,11-16H,7-9H2,1-3H3,(H,22,23)/t11-,12-,13+,14-,15+,16-,19+/m1/s1. The van der Waals surface area contributed by atoms with Crippen molar-refractivity contribution in [2.75, 3.05) is 13.1 Å². The molecular formula is C19H25NO4. The van der Waals surface area contributed by atoms with Gasteiger partial charge in [-0.25, -0.2) is 0 Å². The summed E-state index contributed by atoms with van der Waals surface area (Å²) in [5.41, 5.74) is 0.711. The van der Waals surface area contributed by atoms with Crippen LogP contribution >= 0.6 is 0 Å². The molecule has 5 heteroatoms. The van der Waals surface area contributed by atoms with E-state index in [0.717, 1.165) is 6.42 Å². The van der Waals surface area contributed by atoms with Crippen LogP contribution in [0.4, 0.5) is 0 Å². The number of hydrogen-bond acceptors (Lipinski definition) is 3. The lowest BCUT2D eigenvalue weighted by molar-refractivity contribution is -0.148. The van der Waals surface area contributed by atoms with Gasteiger partial charge in [-0.2, -0.15) is 0 Å². The van der Waals surface area contributed by atoms with Crippen LogP contribution < -0.4 is 0 Å². The number of carbonyl (C=O) groups excluding carboxylic acids is 1. The molecule has 3 aliphatic heterocycles. The highest BCUT2D eigenvalue weighted by molar-refractivity contribution is 5.90. The number of hydrogen-bond donors (Lipinski definition) is 1. The van der Waals surface area contributed by atoms with Crippen LogP contribution in [0.5, 0.6) is 0 Å². The minimum absolute atomic E-state index is 0.0417. The highest BCUT2D eigenvalue weighted by Crippen LogP contribution is 2.52. The van der Waals surface area contributed by atoms with Gasteiger partial charge in [0.15, 0.2) is 0 Å². The number of aliphatic carboxylic acids is 1. The van der Waals surface area contributed by atoms with Crippen molar-refractivity contribution in [2.45, 2.75) is 38.9 Å². The second-order valence-corrected chi connectivity index (χ2v) is 8.17. The molecule has 1 amide bonds. The summed E-state index contributed by atoms with van der Waals surface area (Å²) in [4.78, 5) is 26.5. The molecule has 2 bridgehead atoms. The summed E-state index contributed by atoms with van der Waals surface area (Å²) in [7, 11) is 0. The molecule has 130 valence electrons. The maximum atomic E-state index is 13.0. The van der Waals surface area contributed by atoms with Crippen molar-refractivity contribution in [1.82, 2.24) is 4.90 Å². The topological polar surface area (TPSA) is 66.8 Å². The summed E-state index contributed by atoms with van der Waals surface area (Å²) in [5, 5.41) is 9.53. The van der Waals surface area contributed by atoms with E-state index in [-0.39, 0.29) is 5.91 Å². The molecule has 0 unspecified atom stereocenters. The monoisotopic (exact) mass is 331 g/mol. The largest absolute Gasteiger partial charge is 0.481 e. The van der Waals surface area contributed by atoms with Crippen LogP contribution in [0.25, 0.3) is 0 Å². The van der Waals surface area contributed by atoms with Gasteiger partial charge in [-0.15, -0.1) is 0 Å². The summed E-state index contributed by atoms with van der Waals surface area (Å²) >= 11 is 0. The van der Waals surface area contributed by atoms with Crippen LogP contribution in [0.15, 0.2) is 23.8 Å². The number of carbonyl (C=O) groups is 2. The Morgan fingerprint density at radius 3 is 2.88 bits per heavy atom. The number of allylic oxidation sites excluding steroid dienone is 2. The zero-order valence-corrected chi connectivity index (χ0v) is 14.4. The third-order valence-corrected chi connectivity index (χ3v) is 6.49. The third-order valence-electron chi connectivity index (χ3n) is 6.49. The summed E-state index contributed by atoms with van der Waals surface area (Å²) in [6, 6.07) is 0. The molecule has 1 spiro atoms. The second kappa shape index (κ2) is 5.19. The number of rotatable bonds is 3. The van der Waals surface area contributed by atoms with Gasteiger partial charge in [0.25, 0.3) is 0 Å². The lowest BCUT2D eigenvalue weighted by atomic mass is 9.75. The van der Waals surface area contributed by atoms with E-state index in [4.69, 9.17) is 4.74 Å². The van der Waals surface area contributed by atoms with Gasteiger partial charge in [-0.05, 0) is 31.1 Å². The van der Waals surface area contributed by atoms with Gasteiger partial charge >= 0.3 is 5.97 Å². The molecule has 0 aromatic carbocycles. The normalized spacial score (nSPS) is 46.4. The first-order valence-corrected chi connectivity index (χ1v) is 8.88. The number of likely N-dealkylation sites (tertiary alicyclic amines) is 1. The van der Waals surface area contributed by atoms with Gasteiger partial charge in [-0.1, -0.05) is 37.6 Å². The van der Waals surface area contributed by atoms with Crippen molar-refractivity contribution in [3.63, 3.8) is 0 Å². The van der Waals surface area contributed by atoms with Crippen molar-refractivity contribution in [3.8, 4) is 0 Å². The molecule has 3 heterocycles. The van der Waals surface area contributed by atoms with E-state index < -0.39 is 29.5 Å². The first kappa shape index (κ1) is 15.9. The highest BCUT2D eigenvalue weighted by atomic mass is 16.5. The number of nitrogens with zero attached hydrogens (tertiary/aromatic N) is 1. The van der Waals surface area contributed by atoms with E-state index in [9.17, 15) is 14.7 Å². The van der Waals surface area contributed by atoms with E-state index in [1.165, 1.54) is 5.57 Å². The fourth-order valence-corrected chi connectivity index (χ4v) is 5.43. The van der Waals surface area contributed by atoms with E-state index in [2.05, 4.69) is 26.8 Å². The quantitative estimate of drug-likeness (QED) is 0.804. The Bertz CT molecular complexity index is 654. The molecule has 0 saturated carbocycles. The minimum atomic E-state index is -0.926. The van der Waals surface area contributed by atoms with Crippen LogP contribution in [-0.2, 0) is 14.3 Å². The molecule has 5 nitrogen and oxygen atoms in total. The maximum absolute atomic E-state index is 13.0. The molecule has 4 aliphatic rings. The number of ether oxygens (including phenoxy) is 1. The molecule has 1 N–H and O–H groups in total. The lowest BCUT2D eigenvalue weighted by Gasteiger charge is -2.36. The van der Waals surface area contributed by atoms with Crippen LogP contribution in [0.2, 0.25) is 0 Å². The lowest BCUT2D eigenvalue weighted by Crippen LogP contribution is -2.41. The van der Waals surface area contributed by atoms with Gasteiger partial charge in [0.05, 0.1) is 18.6 Å². The van der Waals surface area contributed by atoms with Gasteiger partial charge in [0.1, 0.15) is 11.5 Å². The van der Waals surface area contributed by atoms with Gasteiger partial charge in [0, 0.05) is 6.54 Å². The van der Waals surface area contributed by atoms with Crippen molar-refractivity contribution in [1.29, 1.82) is 0 Å². The molecule has 4 rings (SSSR count). The summed E-state index contributed by atoms with van der Waals surface area (Å²) in [6.07, 6.45) is 6.69. The van der Waals surface area contributed by atoms with Crippen LogP contribution in [0.1, 0.15) is 27.2 Å². The SMILES string of the molecule is CC1=C[C@@H](C)[C@H](CN2C[C@]34C=C[C@@H](O3)[C@H](C(=O)O)[C@@H]4C2=O)[C@H](C)C1. The zero-order valence-electron chi connectivity index (χ0n) is 14.4. The molecule has 1 aliphatic carbocycles.